The second kappa shape index (κ2) is 11.4. The number of aliphatic carboxylic acids is 1. The van der Waals surface area contributed by atoms with Gasteiger partial charge in [-0.2, -0.15) is 13.2 Å². The van der Waals surface area contributed by atoms with Crippen LogP contribution >= 0.6 is 0 Å². The summed E-state index contributed by atoms with van der Waals surface area (Å²) in [5, 5.41) is 7.12. The van der Waals surface area contributed by atoms with Crippen molar-refractivity contribution in [2.75, 3.05) is 37.7 Å². The van der Waals surface area contributed by atoms with E-state index < -0.39 is 12.1 Å². The Hall–Kier alpha value is -2.69. The molecule has 4 rings (SSSR count). The minimum Gasteiger partial charge on any atom is -0.475 e. The summed E-state index contributed by atoms with van der Waals surface area (Å²) >= 11 is 0. The first kappa shape index (κ1) is 24.9. The standard InChI is InChI=1S/C20H28N4O2.C2HF3O2/c25-19(14-16-6-2-1-3-7-16)24-12-13-26-15-17(24)20-21-9-8-18(22-20)23-10-4-5-11-23;3-2(4,5)1(6)7/h6,8-9,17H,1-5,7,10-15H2;(H,6,7). The van der Waals surface area contributed by atoms with Crippen LogP contribution in [0.15, 0.2) is 23.9 Å². The monoisotopic (exact) mass is 470 g/mol. The highest BCUT2D eigenvalue weighted by molar-refractivity contribution is 5.79. The van der Waals surface area contributed by atoms with E-state index in [0.29, 0.717) is 32.0 Å². The lowest BCUT2D eigenvalue weighted by atomic mass is 9.96. The Morgan fingerprint density at radius 2 is 1.88 bits per heavy atom. The number of ether oxygens (including phenoxy) is 1. The first-order valence-corrected chi connectivity index (χ1v) is 11.2. The first-order valence-electron chi connectivity index (χ1n) is 11.2. The number of carbonyl (C=O) groups is 2. The Balaban J connectivity index is 0.000000383. The smallest absolute Gasteiger partial charge is 0.475 e. The molecule has 1 N–H and O–H groups in total. The Morgan fingerprint density at radius 3 is 2.52 bits per heavy atom. The van der Waals surface area contributed by atoms with Crippen molar-refractivity contribution in [3.05, 3.63) is 29.7 Å². The molecule has 1 aliphatic carbocycles. The summed E-state index contributed by atoms with van der Waals surface area (Å²) in [5.41, 5.74) is 1.29. The molecule has 1 unspecified atom stereocenters. The van der Waals surface area contributed by atoms with E-state index in [4.69, 9.17) is 19.6 Å². The maximum absolute atomic E-state index is 13.0. The Morgan fingerprint density at radius 1 is 1.15 bits per heavy atom. The number of morpholine rings is 1. The number of carboxylic acid groups (broad SMARTS) is 1. The van der Waals surface area contributed by atoms with Crippen LogP contribution in [0.2, 0.25) is 0 Å². The number of aromatic nitrogens is 2. The average Bonchev–Trinajstić information content (AvgIpc) is 3.35. The van der Waals surface area contributed by atoms with Crippen molar-refractivity contribution in [1.82, 2.24) is 14.9 Å². The third-order valence-corrected chi connectivity index (χ3v) is 5.84. The highest BCUT2D eigenvalue weighted by atomic mass is 19.4. The molecule has 1 amide bonds. The predicted octanol–water partition coefficient (Wildman–Crippen LogP) is 3.50. The lowest BCUT2D eigenvalue weighted by Crippen LogP contribution is -2.44. The zero-order chi connectivity index (χ0) is 23.8. The van der Waals surface area contributed by atoms with Crippen molar-refractivity contribution in [3.63, 3.8) is 0 Å². The van der Waals surface area contributed by atoms with Crippen LogP contribution in [0.3, 0.4) is 0 Å². The fourth-order valence-electron chi connectivity index (χ4n) is 4.12. The van der Waals surface area contributed by atoms with Crippen LogP contribution in [0, 0.1) is 0 Å². The number of hydrogen-bond donors (Lipinski definition) is 1. The lowest BCUT2D eigenvalue weighted by molar-refractivity contribution is -0.192. The highest BCUT2D eigenvalue weighted by Gasteiger charge is 2.38. The number of carbonyl (C=O) groups excluding carboxylic acids is 1. The summed E-state index contributed by atoms with van der Waals surface area (Å²) in [7, 11) is 0. The molecule has 0 bridgehead atoms. The summed E-state index contributed by atoms with van der Waals surface area (Å²) < 4.78 is 37.4. The number of carboxylic acids is 1. The topological polar surface area (TPSA) is 95.9 Å². The maximum Gasteiger partial charge on any atom is 0.490 e. The van der Waals surface area contributed by atoms with Gasteiger partial charge in [0.25, 0.3) is 0 Å². The molecular formula is C22H29F3N4O4. The maximum atomic E-state index is 13.0. The zero-order valence-corrected chi connectivity index (χ0v) is 18.4. The summed E-state index contributed by atoms with van der Waals surface area (Å²) in [6.45, 7) is 3.79. The van der Waals surface area contributed by atoms with Gasteiger partial charge in [0.2, 0.25) is 5.91 Å². The lowest BCUT2D eigenvalue weighted by Gasteiger charge is -2.35. The molecule has 2 aliphatic heterocycles. The highest BCUT2D eigenvalue weighted by Crippen LogP contribution is 2.27. The number of halogens is 3. The van der Waals surface area contributed by atoms with E-state index in [1.807, 2.05) is 17.2 Å². The molecule has 2 saturated heterocycles. The van der Waals surface area contributed by atoms with Gasteiger partial charge in [-0.25, -0.2) is 14.8 Å². The van der Waals surface area contributed by atoms with Gasteiger partial charge >= 0.3 is 12.1 Å². The molecule has 1 aromatic heterocycles. The molecule has 3 aliphatic rings. The van der Waals surface area contributed by atoms with Gasteiger partial charge in [-0.05, 0) is 44.6 Å². The van der Waals surface area contributed by atoms with Gasteiger partial charge in [0.1, 0.15) is 11.9 Å². The van der Waals surface area contributed by atoms with Gasteiger partial charge in [0.05, 0.1) is 13.2 Å². The van der Waals surface area contributed by atoms with Gasteiger partial charge in [0.15, 0.2) is 5.82 Å². The summed E-state index contributed by atoms with van der Waals surface area (Å²) in [5.74, 6) is -0.894. The molecule has 2 fully saturated rings. The van der Waals surface area contributed by atoms with Crippen LogP contribution in [0.4, 0.5) is 19.0 Å². The largest absolute Gasteiger partial charge is 0.490 e. The van der Waals surface area contributed by atoms with Gasteiger partial charge in [0, 0.05) is 32.3 Å². The molecule has 1 atom stereocenters. The third kappa shape index (κ3) is 7.15. The molecule has 1 aromatic rings. The van der Waals surface area contributed by atoms with E-state index >= 15 is 0 Å². The van der Waals surface area contributed by atoms with Crippen molar-refractivity contribution in [1.29, 1.82) is 0 Å². The molecule has 11 heteroatoms. The van der Waals surface area contributed by atoms with E-state index in [2.05, 4.69) is 16.0 Å². The molecule has 0 spiro atoms. The molecule has 8 nitrogen and oxygen atoms in total. The van der Waals surface area contributed by atoms with Gasteiger partial charge in [-0.1, -0.05) is 11.6 Å². The van der Waals surface area contributed by atoms with Crippen molar-refractivity contribution in [3.8, 4) is 0 Å². The van der Waals surface area contributed by atoms with E-state index in [1.54, 1.807) is 0 Å². The Labute approximate surface area is 190 Å². The van der Waals surface area contributed by atoms with Gasteiger partial charge in [-0.15, -0.1) is 0 Å². The molecule has 0 aromatic carbocycles. The molecule has 0 radical (unpaired) electrons. The zero-order valence-electron chi connectivity index (χ0n) is 18.4. The van der Waals surface area contributed by atoms with E-state index in [9.17, 15) is 18.0 Å². The number of hydrogen-bond acceptors (Lipinski definition) is 6. The molecule has 182 valence electrons. The van der Waals surface area contributed by atoms with E-state index in [0.717, 1.165) is 31.7 Å². The fraction of sp³-hybridized carbons (Fsp3) is 0.636. The minimum absolute atomic E-state index is 0.178. The number of anilines is 1. The van der Waals surface area contributed by atoms with Gasteiger partial charge < -0.3 is 19.6 Å². The van der Waals surface area contributed by atoms with Gasteiger partial charge in [-0.3, -0.25) is 4.79 Å². The molecule has 3 heterocycles. The van der Waals surface area contributed by atoms with Crippen LogP contribution in [-0.2, 0) is 14.3 Å². The Kier molecular flexibility index (Phi) is 8.65. The van der Waals surface area contributed by atoms with Crippen molar-refractivity contribution < 1.29 is 32.6 Å². The van der Waals surface area contributed by atoms with Crippen LogP contribution in [0.25, 0.3) is 0 Å². The molecule has 0 saturated carbocycles. The number of alkyl halides is 3. The SMILES string of the molecule is O=C(CC1=CCCCC1)N1CCOCC1c1nccc(N2CCCC2)n1.O=C(O)C(F)(F)F. The average molecular weight is 470 g/mol. The summed E-state index contributed by atoms with van der Waals surface area (Å²) in [4.78, 5) is 35.4. The first-order chi connectivity index (χ1) is 15.8. The number of amides is 1. The molecular weight excluding hydrogens is 441 g/mol. The Bertz CT molecular complexity index is 856. The quantitative estimate of drug-likeness (QED) is 0.673. The number of rotatable bonds is 4. The number of allylic oxidation sites excluding steroid dienone is 1. The predicted molar refractivity (Wildman–Crippen MR) is 114 cm³/mol. The van der Waals surface area contributed by atoms with Crippen molar-refractivity contribution in [2.24, 2.45) is 0 Å². The van der Waals surface area contributed by atoms with Crippen LogP contribution in [0.1, 0.15) is 56.8 Å². The summed E-state index contributed by atoms with van der Waals surface area (Å²) in [6.07, 6.45) is 6.55. The third-order valence-electron chi connectivity index (χ3n) is 5.84. The molecule has 33 heavy (non-hydrogen) atoms. The second-order valence-corrected chi connectivity index (χ2v) is 8.23. The summed E-state index contributed by atoms with van der Waals surface area (Å²) in [6, 6.07) is 1.79. The van der Waals surface area contributed by atoms with E-state index in [-0.39, 0.29) is 11.9 Å². The minimum atomic E-state index is -5.08. The van der Waals surface area contributed by atoms with Crippen molar-refractivity contribution in [2.45, 2.75) is 57.2 Å². The van der Waals surface area contributed by atoms with Crippen molar-refractivity contribution >= 4 is 17.7 Å². The van der Waals surface area contributed by atoms with Crippen LogP contribution in [-0.4, -0.2) is 70.9 Å². The van der Waals surface area contributed by atoms with E-state index in [1.165, 1.54) is 31.3 Å². The fourth-order valence-corrected chi connectivity index (χ4v) is 4.12. The number of nitrogens with zero attached hydrogens (tertiary/aromatic N) is 4. The second-order valence-electron chi connectivity index (χ2n) is 8.23. The van der Waals surface area contributed by atoms with Crippen LogP contribution in [0.5, 0.6) is 0 Å². The van der Waals surface area contributed by atoms with Crippen LogP contribution < -0.4 is 4.90 Å². The normalized spacial score (nSPS) is 21.2.